The SMILES string of the molecule is COc1c(C(C)=O)c(O)c(C)c2occc12.COc1c2ccoc2c(C)c2oc(C)cc(=O)c12.COc1c2ccoc2c(O)c2oc(C)cc(=O)c12. The number of benzene rings is 3. The standard InChI is InChI=1S/C14H12O4.C13H10O5.C12H12O4/c1-7-6-10(15)11-13(18-7)8(2)12-9(4-5-17-12)14(11)16-3;1-6-5-8(14)9-11(16-2)7-3-4-17-12(7)10(15)13(9)18-6;1-6-10(14)9(7(2)13)12(15-3)8-4-5-16-11(6)8/h4-6H,1-3H3;3-5,15H,1-2H3;4-5,14H,1-3H3. The minimum atomic E-state index is -0.260. The number of aryl methyl sites for hydroxylation is 4. The van der Waals surface area contributed by atoms with Crippen LogP contribution in [0.3, 0.4) is 0 Å². The third-order valence-corrected chi connectivity index (χ3v) is 8.56. The molecule has 8 rings (SSSR count). The number of hydrogen-bond acceptors (Lipinski definition) is 13. The van der Waals surface area contributed by atoms with E-state index in [4.69, 9.17) is 36.3 Å². The maximum absolute atomic E-state index is 12.1. The maximum atomic E-state index is 12.1. The number of phenolic OH excluding ortho intramolecular Hbond substituents is 2. The first-order chi connectivity index (χ1) is 24.8. The fourth-order valence-electron chi connectivity index (χ4n) is 6.28. The summed E-state index contributed by atoms with van der Waals surface area (Å²) in [6, 6.07) is 7.96. The van der Waals surface area contributed by atoms with Crippen LogP contribution in [0.25, 0.3) is 54.8 Å². The summed E-state index contributed by atoms with van der Waals surface area (Å²) in [6.45, 7) is 8.35. The second-order valence-corrected chi connectivity index (χ2v) is 11.8. The van der Waals surface area contributed by atoms with Crippen molar-refractivity contribution in [3.05, 3.63) is 97.8 Å². The normalized spacial score (nSPS) is 11.1. The summed E-state index contributed by atoms with van der Waals surface area (Å²) < 4.78 is 42.7. The molecule has 0 aliphatic rings. The Morgan fingerprint density at radius 1 is 0.577 bits per heavy atom. The Morgan fingerprint density at radius 2 is 1.00 bits per heavy atom. The van der Waals surface area contributed by atoms with Crippen molar-refractivity contribution in [3.8, 4) is 28.7 Å². The lowest BCUT2D eigenvalue weighted by molar-refractivity contribution is 0.101. The zero-order chi connectivity index (χ0) is 37.6. The molecule has 13 heteroatoms. The number of aromatic hydroxyl groups is 2. The number of rotatable bonds is 4. The molecule has 268 valence electrons. The van der Waals surface area contributed by atoms with Crippen LogP contribution in [0.5, 0.6) is 28.7 Å². The Balaban J connectivity index is 0.000000134. The Hall–Kier alpha value is -6.63. The number of carbonyl (C=O) groups is 1. The van der Waals surface area contributed by atoms with Gasteiger partial charge < -0.3 is 46.5 Å². The molecule has 2 N–H and O–H groups in total. The van der Waals surface area contributed by atoms with Crippen molar-refractivity contribution in [2.45, 2.75) is 34.6 Å². The molecule has 0 unspecified atom stereocenters. The molecule has 5 heterocycles. The van der Waals surface area contributed by atoms with Gasteiger partial charge in [-0.3, -0.25) is 14.4 Å². The number of carbonyl (C=O) groups excluding carboxylic acids is 1. The monoisotopic (exact) mass is 710 g/mol. The van der Waals surface area contributed by atoms with E-state index in [9.17, 15) is 24.6 Å². The van der Waals surface area contributed by atoms with E-state index >= 15 is 0 Å². The smallest absolute Gasteiger partial charge is 0.203 e. The molecule has 52 heavy (non-hydrogen) atoms. The van der Waals surface area contributed by atoms with Crippen molar-refractivity contribution < 1.29 is 51.3 Å². The third-order valence-electron chi connectivity index (χ3n) is 8.56. The average molecular weight is 711 g/mol. The van der Waals surface area contributed by atoms with Gasteiger partial charge in [0.15, 0.2) is 27.8 Å². The van der Waals surface area contributed by atoms with E-state index in [1.165, 1.54) is 52.9 Å². The van der Waals surface area contributed by atoms with Crippen LogP contribution >= 0.6 is 0 Å². The molecule has 5 aromatic heterocycles. The summed E-state index contributed by atoms with van der Waals surface area (Å²) in [5, 5.41) is 22.7. The van der Waals surface area contributed by atoms with Crippen LogP contribution in [0.4, 0.5) is 0 Å². The van der Waals surface area contributed by atoms with Crippen molar-refractivity contribution in [3.63, 3.8) is 0 Å². The topological polar surface area (TPSA) is 185 Å². The van der Waals surface area contributed by atoms with Crippen molar-refractivity contribution >= 4 is 60.6 Å². The van der Waals surface area contributed by atoms with E-state index in [0.29, 0.717) is 67.2 Å². The predicted molar refractivity (Wildman–Crippen MR) is 193 cm³/mol. The Morgan fingerprint density at radius 3 is 1.50 bits per heavy atom. The predicted octanol–water partition coefficient (Wildman–Crippen LogP) is 8.38. The summed E-state index contributed by atoms with van der Waals surface area (Å²) in [5.41, 5.74) is 3.28. The van der Waals surface area contributed by atoms with E-state index in [-0.39, 0.29) is 50.3 Å². The highest BCUT2D eigenvalue weighted by molar-refractivity contribution is 6.08. The molecule has 0 saturated heterocycles. The number of furan rings is 3. The van der Waals surface area contributed by atoms with E-state index in [0.717, 1.165) is 10.9 Å². The van der Waals surface area contributed by atoms with Gasteiger partial charge in [0.1, 0.15) is 67.6 Å². The Bertz CT molecular complexity index is 2650. The Kier molecular flexibility index (Phi) is 9.20. The molecule has 0 saturated carbocycles. The summed E-state index contributed by atoms with van der Waals surface area (Å²) in [4.78, 5) is 35.6. The van der Waals surface area contributed by atoms with Crippen LogP contribution in [0.15, 0.2) is 80.8 Å². The number of methoxy groups -OCH3 is 3. The molecule has 0 radical (unpaired) electrons. The highest BCUT2D eigenvalue weighted by atomic mass is 16.5. The van der Waals surface area contributed by atoms with Crippen molar-refractivity contribution in [2.75, 3.05) is 21.3 Å². The van der Waals surface area contributed by atoms with Crippen molar-refractivity contribution in [1.82, 2.24) is 0 Å². The zero-order valence-electron chi connectivity index (χ0n) is 29.5. The second kappa shape index (κ2) is 13.6. The van der Waals surface area contributed by atoms with Crippen LogP contribution in [0.2, 0.25) is 0 Å². The van der Waals surface area contributed by atoms with E-state index < -0.39 is 0 Å². The fourth-order valence-corrected chi connectivity index (χ4v) is 6.28. The largest absolute Gasteiger partial charge is 0.507 e. The zero-order valence-corrected chi connectivity index (χ0v) is 29.5. The van der Waals surface area contributed by atoms with Crippen LogP contribution in [0, 0.1) is 27.7 Å². The molecule has 0 atom stereocenters. The molecular weight excluding hydrogens is 676 g/mol. The number of phenols is 2. The van der Waals surface area contributed by atoms with E-state index in [1.807, 2.05) is 6.92 Å². The van der Waals surface area contributed by atoms with Gasteiger partial charge in [-0.1, -0.05) is 0 Å². The lowest BCUT2D eigenvalue weighted by atomic mass is 10.0. The van der Waals surface area contributed by atoms with Gasteiger partial charge in [-0.2, -0.15) is 0 Å². The number of ether oxygens (including phenoxy) is 3. The third kappa shape index (κ3) is 5.65. The van der Waals surface area contributed by atoms with Crippen LogP contribution in [0.1, 0.15) is 39.9 Å². The van der Waals surface area contributed by atoms with Crippen molar-refractivity contribution in [2.24, 2.45) is 0 Å². The highest BCUT2D eigenvalue weighted by Crippen LogP contribution is 2.42. The fraction of sp³-hybridized carbons (Fsp3) is 0.205. The van der Waals surface area contributed by atoms with Gasteiger partial charge in [0.2, 0.25) is 5.75 Å². The molecular formula is C39H34O13. The van der Waals surface area contributed by atoms with Gasteiger partial charge in [0.25, 0.3) is 0 Å². The number of ketones is 1. The first-order valence-electron chi connectivity index (χ1n) is 15.8. The molecule has 0 amide bonds. The molecule has 0 fully saturated rings. The molecule has 0 aliphatic carbocycles. The van der Waals surface area contributed by atoms with Gasteiger partial charge in [-0.05, 0) is 52.8 Å². The van der Waals surface area contributed by atoms with Crippen LogP contribution in [-0.4, -0.2) is 37.3 Å². The molecule has 8 aromatic rings. The average Bonchev–Trinajstić information content (AvgIpc) is 3.90. The number of fused-ring (bicyclic) bond motifs is 5. The quantitative estimate of drug-likeness (QED) is 0.166. The van der Waals surface area contributed by atoms with Gasteiger partial charge >= 0.3 is 0 Å². The van der Waals surface area contributed by atoms with Gasteiger partial charge in [0, 0.05) is 23.3 Å². The minimum absolute atomic E-state index is 0.0770. The summed E-state index contributed by atoms with van der Waals surface area (Å²) in [7, 11) is 4.45. The minimum Gasteiger partial charge on any atom is -0.507 e. The second-order valence-electron chi connectivity index (χ2n) is 11.8. The van der Waals surface area contributed by atoms with E-state index in [2.05, 4.69) is 0 Å². The lowest BCUT2D eigenvalue weighted by Crippen LogP contribution is -2.04. The van der Waals surface area contributed by atoms with Crippen molar-refractivity contribution in [1.29, 1.82) is 0 Å². The molecule has 0 bridgehead atoms. The van der Waals surface area contributed by atoms with E-state index in [1.54, 1.807) is 45.2 Å². The highest BCUT2D eigenvalue weighted by Gasteiger charge is 2.23. The van der Waals surface area contributed by atoms with Gasteiger partial charge in [0.05, 0.1) is 56.3 Å². The maximum Gasteiger partial charge on any atom is 0.203 e. The number of Topliss-reactive ketones (excluding diaryl/α,β-unsaturated/α-hetero) is 1. The Labute approximate surface area is 294 Å². The number of hydrogen-bond donors (Lipinski definition) is 2. The first kappa shape index (κ1) is 35.2. The summed E-state index contributed by atoms with van der Waals surface area (Å²) in [6.07, 6.45) is 4.50. The summed E-state index contributed by atoms with van der Waals surface area (Å²) >= 11 is 0. The first-order valence-corrected chi connectivity index (χ1v) is 15.8. The van der Waals surface area contributed by atoms with Crippen LogP contribution < -0.4 is 25.1 Å². The molecule has 0 spiro atoms. The molecule has 0 aliphatic heterocycles. The van der Waals surface area contributed by atoms with Gasteiger partial charge in [-0.25, -0.2) is 0 Å². The molecule has 3 aromatic carbocycles. The van der Waals surface area contributed by atoms with Crippen LogP contribution in [-0.2, 0) is 0 Å². The molecule has 13 nitrogen and oxygen atoms in total. The van der Waals surface area contributed by atoms with Gasteiger partial charge in [-0.15, -0.1) is 0 Å². The lowest BCUT2D eigenvalue weighted by Gasteiger charge is -2.11. The summed E-state index contributed by atoms with van der Waals surface area (Å²) in [5.74, 6) is 1.70.